The molecule has 36 heavy (non-hydrogen) atoms. The van der Waals surface area contributed by atoms with E-state index in [1.54, 1.807) is 30.3 Å². The van der Waals surface area contributed by atoms with E-state index in [4.69, 9.17) is 25.8 Å². The van der Waals surface area contributed by atoms with Crippen molar-refractivity contribution in [2.24, 2.45) is 0 Å². The molecule has 0 aliphatic carbocycles. The van der Waals surface area contributed by atoms with Gasteiger partial charge >= 0.3 is 29.6 Å². The van der Waals surface area contributed by atoms with Crippen molar-refractivity contribution in [3.63, 3.8) is 0 Å². The van der Waals surface area contributed by atoms with Gasteiger partial charge in [0.25, 0.3) is 5.91 Å². The number of rotatable bonds is 9. The molecule has 4 rings (SSSR count). The average molecular weight is 518 g/mol. The number of carboxylic acid groups (broad SMARTS) is 1. The number of ether oxygens (including phenoxy) is 3. The van der Waals surface area contributed by atoms with Crippen LogP contribution >= 0.6 is 11.6 Å². The number of carbonyl (C=O) groups is 2. The summed E-state index contributed by atoms with van der Waals surface area (Å²) in [6.45, 7) is 3.26. The summed E-state index contributed by atoms with van der Waals surface area (Å²) in [6, 6.07) is 17.5. The molecule has 1 unspecified atom stereocenters. The Morgan fingerprint density at radius 2 is 1.86 bits per heavy atom. The summed E-state index contributed by atoms with van der Waals surface area (Å²) < 4.78 is 17.1. The third-order valence-electron chi connectivity index (χ3n) is 5.69. The summed E-state index contributed by atoms with van der Waals surface area (Å²) in [5, 5.41) is 14.6. The number of halogens is 1. The molecule has 0 spiro atoms. The van der Waals surface area contributed by atoms with E-state index < -0.39 is 11.9 Å². The molecular formula is C27H25ClNNaO6. The van der Waals surface area contributed by atoms with Crippen molar-refractivity contribution in [1.29, 1.82) is 0 Å². The minimum atomic E-state index is -1.16. The molecule has 1 aliphatic heterocycles. The molecule has 0 saturated carbocycles. The number of carbonyl (C=O) groups excluding carboxylic acids is 2. The number of amides is 1. The van der Waals surface area contributed by atoms with E-state index in [0.29, 0.717) is 54.4 Å². The zero-order valence-corrected chi connectivity index (χ0v) is 23.0. The molecule has 0 radical (unpaired) electrons. The molecule has 0 aromatic heterocycles. The standard InChI is InChI=1S/C27H26ClNO6.Na/c1-2-33-23-6-4-3-5-17(23)11-13-29-26(30)18-7-9-19(10-8-18)35-25-16-24-21(15-22(25)28)20(27(31)32)12-14-34-24;/h3-10,15-16,20H,2,11-14H2,1H3,(H,29,30)(H,31,32);/q;+1/p-1. The van der Waals surface area contributed by atoms with Gasteiger partial charge in [-0.25, -0.2) is 0 Å². The Morgan fingerprint density at radius 3 is 2.58 bits per heavy atom. The Morgan fingerprint density at radius 1 is 1.11 bits per heavy atom. The third-order valence-corrected chi connectivity index (χ3v) is 5.98. The maximum absolute atomic E-state index is 12.5. The SMILES string of the molecule is CCOc1ccccc1CCNC(=O)c1ccc(Oc2cc3c(cc2Cl)C(C(=O)[O-])CCO3)cc1.[Na+]. The predicted molar refractivity (Wildman–Crippen MR) is 129 cm³/mol. The van der Waals surface area contributed by atoms with Crippen molar-refractivity contribution in [2.45, 2.75) is 25.7 Å². The second kappa shape index (κ2) is 13.0. The van der Waals surface area contributed by atoms with Crippen molar-refractivity contribution in [2.75, 3.05) is 19.8 Å². The van der Waals surface area contributed by atoms with E-state index in [0.717, 1.165) is 11.3 Å². The molecular weight excluding hydrogens is 493 g/mol. The van der Waals surface area contributed by atoms with Gasteiger partial charge in [-0.1, -0.05) is 29.8 Å². The Labute approximate surface area is 237 Å². The Bertz CT molecular complexity index is 1220. The Balaban J connectivity index is 0.00000361. The normalized spacial score (nSPS) is 14.0. The molecule has 1 aliphatic rings. The molecule has 3 aromatic rings. The van der Waals surface area contributed by atoms with Gasteiger partial charge < -0.3 is 29.4 Å². The van der Waals surface area contributed by atoms with E-state index in [9.17, 15) is 14.7 Å². The average Bonchev–Trinajstić information content (AvgIpc) is 2.85. The quantitative estimate of drug-likeness (QED) is 0.427. The van der Waals surface area contributed by atoms with Crippen LogP contribution in [-0.2, 0) is 11.2 Å². The molecule has 1 amide bonds. The predicted octanol–water partition coefficient (Wildman–Crippen LogP) is 1.12. The molecule has 1 heterocycles. The number of benzene rings is 3. The van der Waals surface area contributed by atoms with E-state index in [2.05, 4.69) is 5.32 Å². The number of aliphatic carboxylic acids is 1. The summed E-state index contributed by atoms with van der Waals surface area (Å²) in [6.07, 6.45) is 0.981. The van der Waals surface area contributed by atoms with Crippen LogP contribution in [0, 0.1) is 0 Å². The molecule has 1 N–H and O–H groups in total. The van der Waals surface area contributed by atoms with Gasteiger partial charge in [-0.05, 0) is 61.7 Å². The molecule has 0 bridgehead atoms. The topological polar surface area (TPSA) is 96.9 Å². The monoisotopic (exact) mass is 517 g/mol. The fraction of sp³-hybridized carbons (Fsp3) is 0.259. The molecule has 7 nitrogen and oxygen atoms in total. The molecule has 0 saturated heterocycles. The van der Waals surface area contributed by atoms with Crippen molar-refractivity contribution >= 4 is 23.5 Å². The van der Waals surface area contributed by atoms with E-state index >= 15 is 0 Å². The second-order valence-corrected chi connectivity index (χ2v) is 8.41. The minimum absolute atomic E-state index is 0. The summed E-state index contributed by atoms with van der Waals surface area (Å²) >= 11 is 6.33. The number of carboxylic acids is 1. The van der Waals surface area contributed by atoms with Crippen LogP contribution in [-0.4, -0.2) is 31.6 Å². The molecule has 182 valence electrons. The first kappa shape index (κ1) is 27.9. The Hall–Kier alpha value is -2.71. The first-order valence-corrected chi connectivity index (χ1v) is 11.8. The summed E-state index contributed by atoms with van der Waals surface area (Å²) in [7, 11) is 0. The van der Waals surface area contributed by atoms with Gasteiger partial charge in [-0.2, -0.15) is 0 Å². The van der Waals surface area contributed by atoms with Crippen LogP contribution in [0.1, 0.15) is 40.7 Å². The van der Waals surface area contributed by atoms with Crippen LogP contribution in [0.4, 0.5) is 0 Å². The zero-order chi connectivity index (χ0) is 24.8. The first-order valence-electron chi connectivity index (χ1n) is 11.4. The van der Waals surface area contributed by atoms with Gasteiger partial charge in [-0.3, -0.25) is 4.79 Å². The van der Waals surface area contributed by atoms with Crippen molar-refractivity contribution in [1.82, 2.24) is 5.32 Å². The van der Waals surface area contributed by atoms with E-state index in [1.165, 1.54) is 6.07 Å². The molecule has 1 atom stereocenters. The van der Waals surface area contributed by atoms with Crippen LogP contribution in [0.3, 0.4) is 0 Å². The van der Waals surface area contributed by atoms with Crippen LogP contribution < -0.4 is 54.2 Å². The molecule has 3 aromatic carbocycles. The first-order chi connectivity index (χ1) is 17.0. The van der Waals surface area contributed by atoms with Gasteiger partial charge in [0, 0.05) is 35.6 Å². The van der Waals surface area contributed by atoms with Gasteiger partial charge in [-0.15, -0.1) is 0 Å². The fourth-order valence-electron chi connectivity index (χ4n) is 3.93. The minimum Gasteiger partial charge on any atom is -0.549 e. The van der Waals surface area contributed by atoms with Crippen molar-refractivity contribution < 1.29 is 58.5 Å². The van der Waals surface area contributed by atoms with E-state index in [1.807, 2.05) is 31.2 Å². The summed E-state index contributed by atoms with van der Waals surface area (Å²) in [5.74, 6) is -0.0869. The van der Waals surface area contributed by atoms with Gasteiger partial charge in [0.2, 0.25) is 0 Å². The fourth-order valence-corrected chi connectivity index (χ4v) is 4.14. The third kappa shape index (κ3) is 6.73. The van der Waals surface area contributed by atoms with Crippen LogP contribution in [0.15, 0.2) is 60.7 Å². The summed E-state index contributed by atoms with van der Waals surface area (Å²) in [4.78, 5) is 23.9. The maximum atomic E-state index is 12.5. The van der Waals surface area contributed by atoms with Crippen LogP contribution in [0.5, 0.6) is 23.0 Å². The second-order valence-electron chi connectivity index (χ2n) is 8.00. The number of hydrogen-bond donors (Lipinski definition) is 1. The van der Waals surface area contributed by atoms with Gasteiger partial charge in [0.1, 0.15) is 23.0 Å². The Kier molecular flexibility index (Phi) is 10.1. The smallest absolute Gasteiger partial charge is 0.549 e. The largest absolute Gasteiger partial charge is 1.00 e. The van der Waals surface area contributed by atoms with Gasteiger partial charge in [0.15, 0.2) is 0 Å². The van der Waals surface area contributed by atoms with Gasteiger partial charge in [0.05, 0.1) is 18.2 Å². The van der Waals surface area contributed by atoms with Crippen molar-refractivity contribution in [3.8, 4) is 23.0 Å². The molecule has 0 fully saturated rings. The molecule has 9 heteroatoms. The van der Waals surface area contributed by atoms with E-state index in [-0.39, 0.29) is 47.1 Å². The zero-order valence-electron chi connectivity index (χ0n) is 20.2. The maximum Gasteiger partial charge on any atom is 1.00 e. The summed E-state index contributed by atoms with van der Waals surface area (Å²) in [5.41, 5.74) is 2.01. The number of hydrogen-bond acceptors (Lipinski definition) is 6. The number of nitrogens with one attached hydrogen (secondary N) is 1. The van der Waals surface area contributed by atoms with Crippen molar-refractivity contribution in [3.05, 3.63) is 82.4 Å². The number of para-hydroxylation sites is 1. The van der Waals surface area contributed by atoms with Crippen LogP contribution in [0.2, 0.25) is 5.02 Å². The van der Waals surface area contributed by atoms with Crippen LogP contribution in [0.25, 0.3) is 0 Å². The number of fused-ring (bicyclic) bond motifs is 1.